The number of likely N-dealkylation sites (tertiary alicyclic amines) is 1. The van der Waals surface area contributed by atoms with Crippen LogP contribution >= 0.6 is 0 Å². The van der Waals surface area contributed by atoms with Gasteiger partial charge in [-0.15, -0.1) is 0 Å². The Hall–Kier alpha value is -1.73. The van der Waals surface area contributed by atoms with Crippen molar-refractivity contribution in [2.75, 3.05) is 6.54 Å². The summed E-state index contributed by atoms with van der Waals surface area (Å²) in [6.07, 6.45) is 7.36. The average Bonchev–Trinajstić information content (AvgIpc) is 3.21. The molecule has 4 heterocycles. The molecule has 0 amide bonds. The van der Waals surface area contributed by atoms with Crippen molar-refractivity contribution >= 4 is 0 Å². The highest BCUT2D eigenvalue weighted by Crippen LogP contribution is 2.37. The monoisotopic (exact) mass is 303 g/mol. The normalized spacial score (nSPS) is 28.9. The van der Waals surface area contributed by atoms with Crippen molar-refractivity contribution in [3.05, 3.63) is 29.7 Å². The maximum atomic E-state index is 6.22. The number of fused-ring (bicyclic) bond motifs is 1. The van der Waals surface area contributed by atoms with Gasteiger partial charge in [-0.25, -0.2) is 0 Å². The highest BCUT2D eigenvalue weighted by Gasteiger charge is 2.41. The van der Waals surface area contributed by atoms with Crippen molar-refractivity contribution in [2.45, 2.75) is 51.0 Å². The Morgan fingerprint density at radius 2 is 2.23 bits per heavy atom. The lowest BCUT2D eigenvalue weighted by molar-refractivity contribution is -0.0831. The summed E-state index contributed by atoms with van der Waals surface area (Å²) < 4.78 is 13.3. The fourth-order valence-electron chi connectivity index (χ4n) is 3.62. The Labute approximate surface area is 129 Å². The Bertz CT molecular complexity index is 652. The molecule has 7 nitrogen and oxygen atoms in total. The lowest BCUT2D eigenvalue weighted by Crippen LogP contribution is -2.40. The second kappa shape index (κ2) is 5.48. The summed E-state index contributed by atoms with van der Waals surface area (Å²) >= 11 is 0. The van der Waals surface area contributed by atoms with E-state index < -0.39 is 0 Å². The van der Waals surface area contributed by atoms with E-state index in [1.807, 2.05) is 24.9 Å². The van der Waals surface area contributed by atoms with E-state index in [0.29, 0.717) is 17.8 Å². The number of nitrogens with zero attached hydrogens (tertiary/aromatic N) is 5. The lowest BCUT2D eigenvalue weighted by atomic mass is 9.99. The van der Waals surface area contributed by atoms with Crippen molar-refractivity contribution < 1.29 is 9.26 Å². The molecule has 0 saturated carbocycles. The first-order valence-electron chi connectivity index (χ1n) is 7.86. The van der Waals surface area contributed by atoms with E-state index in [0.717, 1.165) is 32.4 Å². The molecule has 7 heteroatoms. The molecule has 2 aromatic rings. The van der Waals surface area contributed by atoms with Gasteiger partial charge >= 0.3 is 0 Å². The minimum Gasteiger partial charge on any atom is -0.363 e. The Morgan fingerprint density at radius 1 is 1.32 bits per heavy atom. The Balaban J connectivity index is 1.41. The van der Waals surface area contributed by atoms with Crippen LogP contribution in [0.2, 0.25) is 0 Å². The van der Waals surface area contributed by atoms with E-state index in [2.05, 4.69) is 26.3 Å². The summed E-state index contributed by atoms with van der Waals surface area (Å²) in [7, 11) is 1.96. The van der Waals surface area contributed by atoms with Gasteiger partial charge in [-0.05, 0) is 26.2 Å². The van der Waals surface area contributed by atoms with Crippen molar-refractivity contribution in [3.8, 4) is 0 Å². The van der Waals surface area contributed by atoms with Crippen LogP contribution in [-0.4, -0.2) is 43.5 Å². The number of rotatable bonds is 3. The summed E-state index contributed by atoms with van der Waals surface area (Å²) in [5, 5.41) is 8.11. The maximum absolute atomic E-state index is 6.22. The van der Waals surface area contributed by atoms with Crippen molar-refractivity contribution in [1.29, 1.82) is 0 Å². The van der Waals surface area contributed by atoms with Gasteiger partial charge < -0.3 is 9.26 Å². The third kappa shape index (κ3) is 2.55. The molecule has 0 spiro atoms. The molecule has 3 atom stereocenters. The van der Waals surface area contributed by atoms with E-state index in [4.69, 9.17) is 9.26 Å². The predicted octanol–water partition coefficient (Wildman–Crippen LogP) is 1.61. The molecule has 2 aliphatic rings. The number of hydrogen-bond donors (Lipinski definition) is 0. The summed E-state index contributed by atoms with van der Waals surface area (Å²) in [5.74, 6) is 1.30. The van der Waals surface area contributed by atoms with Crippen LogP contribution in [0.3, 0.4) is 0 Å². The van der Waals surface area contributed by atoms with Gasteiger partial charge in [-0.1, -0.05) is 5.16 Å². The zero-order chi connectivity index (χ0) is 15.1. The van der Waals surface area contributed by atoms with Crippen molar-refractivity contribution in [2.24, 2.45) is 7.05 Å². The minimum atomic E-state index is -0.0409. The summed E-state index contributed by atoms with van der Waals surface area (Å²) in [5.41, 5.74) is 1.26. The topological polar surface area (TPSA) is 69.2 Å². The first-order valence-corrected chi connectivity index (χ1v) is 7.86. The number of hydrogen-bond acceptors (Lipinski definition) is 6. The molecule has 2 saturated heterocycles. The van der Waals surface area contributed by atoms with Gasteiger partial charge in [-0.2, -0.15) is 10.1 Å². The fraction of sp³-hybridized carbons (Fsp3) is 0.667. The van der Waals surface area contributed by atoms with E-state index in [1.54, 1.807) is 0 Å². The van der Waals surface area contributed by atoms with Crippen LogP contribution in [0.5, 0.6) is 0 Å². The molecule has 0 N–H and O–H groups in total. The van der Waals surface area contributed by atoms with Gasteiger partial charge in [0.05, 0.1) is 12.3 Å². The zero-order valence-electron chi connectivity index (χ0n) is 13.0. The molecule has 0 aromatic carbocycles. The first kappa shape index (κ1) is 13.9. The number of aryl methyl sites for hydroxylation is 2. The summed E-state index contributed by atoms with van der Waals surface area (Å²) in [6.45, 7) is 3.85. The number of aromatic nitrogens is 4. The molecule has 2 aliphatic heterocycles. The maximum Gasteiger partial charge on any atom is 0.255 e. The molecule has 22 heavy (non-hydrogen) atoms. The highest BCUT2D eigenvalue weighted by molar-refractivity contribution is 5.06. The smallest absolute Gasteiger partial charge is 0.255 e. The molecule has 118 valence electrons. The van der Waals surface area contributed by atoms with Crippen molar-refractivity contribution in [3.63, 3.8) is 0 Å². The van der Waals surface area contributed by atoms with Gasteiger partial charge in [0.2, 0.25) is 0 Å². The van der Waals surface area contributed by atoms with Gasteiger partial charge in [-0.3, -0.25) is 9.58 Å². The van der Waals surface area contributed by atoms with Crippen LogP contribution in [0.4, 0.5) is 0 Å². The minimum absolute atomic E-state index is 0.0409. The lowest BCUT2D eigenvalue weighted by Gasteiger charge is -2.34. The van der Waals surface area contributed by atoms with Gasteiger partial charge in [0.25, 0.3) is 5.89 Å². The van der Waals surface area contributed by atoms with Crippen LogP contribution in [0.25, 0.3) is 0 Å². The van der Waals surface area contributed by atoms with Crippen LogP contribution in [0.1, 0.15) is 42.6 Å². The zero-order valence-corrected chi connectivity index (χ0v) is 13.0. The van der Waals surface area contributed by atoms with Gasteiger partial charge in [0.15, 0.2) is 5.82 Å². The predicted molar refractivity (Wildman–Crippen MR) is 77.9 cm³/mol. The molecule has 2 aromatic heterocycles. The summed E-state index contributed by atoms with van der Waals surface area (Å²) in [4.78, 5) is 6.82. The standard InChI is InChI=1S/C15H21N5O2/c1-10-17-15(22-18-10)14-4-3-12-13(21-14)5-6-20(12)9-11-7-16-19(2)8-11/h7-8,12-14H,3-6,9H2,1-2H3/t12-,13-,14+/m0/s1. The third-order valence-corrected chi connectivity index (χ3v) is 4.63. The van der Waals surface area contributed by atoms with Gasteiger partial charge in [0, 0.05) is 37.9 Å². The van der Waals surface area contributed by atoms with Gasteiger partial charge in [0.1, 0.15) is 6.10 Å². The second-order valence-corrected chi connectivity index (χ2v) is 6.27. The quantitative estimate of drug-likeness (QED) is 0.858. The fourth-order valence-corrected chi connectivity index (χ4v) is 3.62. The average molecular weight is 303 g/mol. The molecule has 0 aliphatic carbocycles. The molecule has 4 rings (SSSR count). The summed E-state index contributed by atoms with van der Waals surface area (Å²) in [6, 6.07) is 0.487. The SMILES string of the molecule is Cc1noc([C@H]2CC[C@H]3[C@H](CCN3Cc3cnn(C)c3)O2)n1. The largest absolute Gasteiger partial charge is 0.363 e. The van der Waals surface area contributed by atoms with E-state index in [-0.39, 0.29) is 12.2 Å². The second-order valence-electron chi connectivity index (χ2n) is 6.27. The Kier molecular flexibility index (Phi) is 3.46. The Morgan fingerprint density at radius 3 is 2.95 bits per heavy atom. The molecule has 2 fully saturated rings. The molecular weight excluding hydrogens is 282 g/mol. The van der Waals surface area contributed by atoms with E-state index in [1.165, 1.54) is 5.56 Å². The molecule has 0 radical (unpaired) electrons. The van der Waals surface area contributed by atoms with Crippen LogP contribution in [0.15, 0.2) is 16.9 Å². The third-order valence-electron chi connectivity index (χ3n) is 4.63. The highest BCUT2D eigenvalue weighted by atomic mass is 16.5. The van der Waals surface area contributed by atoms with E-state index >= 15 is 0 Å². The van der Waals surface area contributed by atoms with Crippen LogP contribution in [-0.2, 0) is 18.3 Å². The molecule has 0 unspecified atom stereocenters. The van der Waals surface area contributed by atoms with E-state index in [9.17, 15) is 0 Å². The first-order chi connectivity index (χ1) is 10.7. The molecule has 0 bridgehead atoms. The number of ether oxygens (including phenoxy) is 1. The molecular formula is C15H21N5O2. The van der Waals surface area contributed by atoms with Crippen LogP contribution < -0.4 is 0 Å². The van der Waals surface area contributed by atoms with Crippen molar-refractivity contribution in [1.82, 2.24) is 24.8 Å². The van der Waals surface area contributed by atoms with Crippen LogP contribution in [0, 0.1) is 6.92 Å².